The molecular weight excluding hydrogens is 278 g/mol. The maximum atomic E-state index is 11.5. The molecular formula is C13H24ClN5O. The standard InChI is InChI=1S/C13H23N5O.ClH/c14-6-4-13(19)15-9-12-3-1-2-8-18(12)10-11-5-7-16-17-11;/h5,7,12H,1-4,6,8-10,14H2,(H,15,19)(H,16,17);1H. The van der Waals surface area contributed by atoms with Gasteiger partial charge in [-0.1, -0.05) is 6.42 Å². The zero-order valence-corrected chi connectivity index (χ0v) is 12.5. The molecule has 1 amide bonds. The number of amides is 1. The van der Waals surface area contributed by atoms with E-state index in [0.717, 1.165) is 25.2 Å². The summed E-state index contributed by atoms with van der Waals surface area (Å²) in [7, 11) is 0. The average molecular weight is 302 g/mol. The van der Waals surface area contributed by atoms with Crippen molar-refractivity contribution in [3.8, 4) is 0 Å². The van der Waals surface area contributed by atoms with Crippen molar-refractivity contribution in [1.29, 1.82) is 0 Å². The normalized spacial score (nSPS) is 19.4. The first kappa shape index (κ1) is 16.9. The van der Waals surface area contributed by atoms with Crippen molar-refractivity contribution in [2.24, 2.45) is 5.73 Å². The summed E-state index contributed by atoms with van der Waals surface area (Å²) in [5.74, 6) is 0.0505. The molecule has 1 aromatic heterocycles. The van der Waals surface area contributed by atoms with Gasteiger partial charge in [0, 0.05) is 44.0 Å². The van der Waals surface area contributed by atoms with Gasteiger partial charge in [-0.2, -0.15) is 5.10 Å². The number of carbonyl (C=O) groups excluding carboxylic acids is 1. The van der Waals surface area contributed by atoms with Gasteiger partial charge in [0.15, 0.2) is 0 Å². The van der Waals surface area contributed by atoms with Gasteiger partial charge in [0.1, 0.15) is 0 Å². The molecule has 1 unspecified atom stereocenters. The Bertz CT molecular complexity index is 384. The van der Waals surface area contributed by atoms with Crippen LogP contribution in [-0.2, 0) is 11.3 Å². The average Bonchev–Trinajstić information content (AvgIpc) is 2.91. The second kappa shape index (κ2) is 8.94. The third-order valence-corrected chi connectivity index (χ3v) is 3.59. The molecule has 0 aliphatic carbocycles. The maximum absolute atomic E-state index is 11.5. The summed E-state index contributed by atoms with van der Waals surface area (Å²) in [6.45, 7) is 3.08. The van der Waals surface area contributed by atoms with Gasteiger partial charge in [-0.15, -0.1) is 12.4 Å². The molecule has 7 heteroatoms. The molecule has 0 bridgehead atoms. The van der Waals surface area contributed by atoms with Crippen LogP contribution in [0.2, 0.25) is 0 Å². The minimum atomic E-state index is 0. The number of aromatic amines is 1. The molecule has 2 heterocycles. The molecule has 1 atom stereocenters. The highest BCUT2D eigenvalue weighted by Gasteiger charge is 2.23. The van der Waals surface area contributed by atoms with Crippen LogP contribution in [0.25, 0.3) is 0 Å². The Morgan fingerprint density at radius 1 is 1.55 bits per heavy atom. The molecule has 6 nitrogen and oxygen atoms in total. The van der Waals surface area contributed by atoms with E-state index in [0.29, 0.717) is 25.6 Å². The lowest BCUT2D eigenvalue weighted by Gasteiger charge is -2.35. The van der Waals surface area contributed by atoms with Crippen molar-refractivity contribution in [3.05, 3.63) is 18.0 Å². The first-order chi connectivity index (χ1) is 9.29. The molecule has 114 valence electrons. The maximum Gasteiger partial charge on any atom is 0.221 e. The largest absolute Gasteiger partial charge is 0.354 e. The predicted molar refractivity (Wildman–Crippen MR) is 80.6 cm³/mol. The summed E-state index contributed by atoms with van der Waals surface area (Å²) in [5.41, 5.74) is 6.50. The number of nitrogens with one attached hydrogen (secondary N) is 2. The van der Waals surface area contributed by atoms with Gasteiger partial charge in [0.25, 0.3) is 0 Å². The lowest BCUT2D eigenvalue weighted by Crippen LogP contribution is -2.46. The van der Waals surface area contributed by atoms with E-state index in [1.807, 2.05) is 6.07 Å². The number of aromatic nitrogens is 2. The lowest BCUT2D eigenvalue weighted by molar-refractivity contribution is -0.121. The predicted octanol–water partition coefficient (Wildman–Crippen LogP) is 0.651. The van der Waals surface area contributed by atoms with Gasteiger partial charge >= 0.3 is 0 Å². The van der Waals surface area contributed by atoms with Crippen LogP contribution in [0.4, 0.5) is 0 Å². The number of hydrogen-bond acceptors (Lipinski definition) is 4. The SMILES string of the molecule is Cl.NCCC(=O)NCC1CCCCN1Cc1ccn[nH]1. The zero-order valence-electron chi connectivity index (χ0n) is 11.7. The van der Waals surface area contributed by atoms with Crippen molar-refractivity contribution in [3.63, 3.8) is 0 Å². The summed E-state index contributed by atoms with van der Waals surface area (Å²) >= 11 is 0. The number of carbonyl (C=O) groups is 1. The van der Waals surface area contributed by atoms with E-state index < -0.39 is 0 Å². The number of nitrogens with two attached hydrogens (primary N) is 1. The Morgan fingerprint density at radius 2 is 2.40 bits per heavy atom. The summed E-state index contributed by atoms with van der Waals surface area (Å²) in [6, 6.07) is 2.41. The van der Waals surface area contributed by atoms with Gasteiger partial charge < -0.3 is 11.1 Å². The van der Waals surface area contributed by atoms with Crippen LogP contribution in [0.1, 0.15) is 31.4 Å². The quantitative estimate of drug-likeness (QED) is 0.720. The van der Waals surface area contributed by atoms with Gasteiger partial charge in [0.2, 0.25) is 5.91 Å². The third-order valence-electron chi connectivity index (χ3n) is 3.59. The van der Waals surface area contributed by atoms with Crippen LogP contribution in [0, 0.1) is 0 Å². The summed E-state index contributed by atoms with van der Waals surface area (Å²) in [5, 5.41) is 9.95. The summed E-state index contributed by atoms with van der Waals surface area (Å²) < 4.78 is 0. The number of H-pyrrole nitrogens is 1. The monoisotopic (exact) mass is 301 g/mol. The summed E-state index contributed by atoms with van der Waals surface area (Å²) in [4.78, 5) is 13.9. The van der Waals surface area contributed by atoms with Crippen LogP contribution < -0.4 is 11.1 Å². The molecule has 1 aliphatic rings. The van der Waals surface area contributed by atoms with Crippen molar-refractivity contribution in [2.75, 3.05) is 19.6 Å². The number of piperidine rings is 1. The number of nitrogens with zero attached hydrogens (tertiary/aromatic N) is 2. The number of rotatable bonds is 6. The smallest absolute Gasteiger partial charge is 0.221 e. The molecule has 20 heavy (non-hydrogen) atoms. The zero-order chi connectivity index (χ0) is 13.5. The number of halogens is 1. The molecule has 2 rings (SSSR count). The Kier molecular flexibility index (Phi) is 7.58. The molecule has 4 N–H and O–H groups in total. The molecule has 1 aliphatic heterocycles. The molecule has 0 spiro atoms. The van der Waals surface area contributed by atoms with E-state index in [1.165, 1.54) is 12.8 Å². The van der Waals surface area contributed by atoms with Crippen molar-refractivity contribution in [2.45, 2.75) is 38.3 Å². The highest BCUT2D eigenvalue weighted by molar-refractivity contribution is 5.85. The van der Waals surface area contributed by atoms with E-state index in [9.17, 15) is 4.79 Å². The van der Waals surface area contributed by atoms with Crippen LogP contribution in [0.5, 0.6) is 0 Å². The minimum Gasteiger partial charge on any atom is -0.354 e. The number of likely N-dealkylation sites (tertiary alicyclic amines) is 1. The fraction of sp³-hybridized carbons (Fsp3) is 0.692. The van der Waals surface area contributed by atoms with E-state index >= 15 is 0 Å². The Balaban J connectivity index is 0.00000200. The van der Waals surface area contributed by atoms with E-state index in [1.54, 1.807) is 6.20 Å². The molecule has 1 aromatic rings. The second-order valence-corrected chi connectivity index (χ2v) is 5.04. The highest BCUT2D eigenvalue weighted by Crippen LogP contribution is 2.18. The lowest BCUT2D eigenvalue weighted by atomic mass is 10.0. The van der Waals surface area contributed by atoms with Crippen LogP contribution >= 0.6 is 12.4 Å². The highest BCUT2D eigenvalue weighted by atomic mass is 35.5. The first-order valence-electron chi connectivity index (χ1n) is 6.98. The molecule has 0 radical (unpaired) electrons. The van der Waals surface area contributed by atoms with Crippen molar-refractivity contribution >= 4 is 18.3 Å². The third kappa shape index (κ3) is 5.11. The Hall–Kier alpha value is -1.11. The fourth-order valence-electron chi connectivity index (χ4n) is 2.54. The van der Waals surface area contributed by atoms with Gasteiger partial charge in [-0.05, 0) is 25.5 Å². The van der Waals surface area contributed by atoms with E-state index in [-0.39, 0.29) is 18.3 Å². The van der Waals surface area contributed by atoms with Gasteiger partial charge in [-0.25, -0.2) is 0 Å². The minimum absolute atomic E-state index is 0. The van der Waals surface area contributed by atoms with Crippen LogP contribution in [0.15, 0.2) is 12.3 Å². The molecule has 0 saturated carbocycles. The molecule has 1 fully saturated rings. The van der Waals surface area contributed by atoms with Crippen molar-refractivity contribution < 1.29 is 4.79 Å². The van der Waals surface area contributed by atoms with E-state index in [4.69, 9.17) is 5.73 Å². The second-order valence-electron chi connectivity index (χ2n) is 5.04. The van der Waals surface area contributed by atoms with Crippen LogP contribution in [-0.4, -0.2) is 46.7 Å². The van der Waals surface area contributed by atoms with Crippen LogP contribution in [0.3, 0.4) is 0 Å². The first-order valence-corrected chi connectivity index (χ1v) is 6.98. The van der Waals surface area contributed by atoms with E-state index in [2.05, 4.69) is 20.4 Å². The summed E-state index contributed by atoms with van der Waals surface area (Å²) in [6.07, 6.45) is 5.78. The van der Waals surface area contributed by atoms with Crippen molar-refractivity contribution in [1.82, 2.24) is 20.4 Å². The Morgan fingerprint density at radius 3 is 3.10 bits per heavy atom. The Labute approximate surface area is 125 Å². The van der Waals surface area contributed by atoms with Gasteiger partial charge in [-0.3, -0.25) is 14.8 Å². The fourth-order valence-corrected chi connectivity index (χ4v) is 2.54. The molecule has 1 saturated heterocycles. The topological polar surface area (TPSA) is 87.0 Å². The molecule has 0 aromatic carbocycles. The number of hydrogen-bond donors (Lipinski definition) is 3. The van der Waals surface area contributed by atoms with Gasteiger partial charge in [0.05, 0.1) is 0 Å².